The van der Waals surface area contributed by atoms with Crippen LogP contribution in [0.15, 0.2) is 29.2 Å². The molecule has 2 N–H and O–H groups in total. The van der Waals surface area contributed by atoms with Gasteiger partial charge in [0.2, 0.25) is 0 Å². The Bertz CT molecular complexity index is 1120. The number of nitrogens with zero attached hydrogens (tertiary/aromatic N) is 1. The van der Waals surface area contributed by atoms with E-state index in [1.165, 1.54) is 0 Å². The third kappa shape index (κ3) is 5.59. The van der Waals surface area contributed by atoms with Crippen molar-refractivity contribution in [2.75, 3.05) is 16.2 Å². The number of benzene rings is 2. The van der Waals surface area contributed by atoms with Gasteiger partial charge in [0.15, 0.2) is 0 Å². The maximum atomic E-state index is 13.2. The van der Waals surface area contributed by atoms with Gasteiger partial charge < -0.3 is 10.0 Å². The largest absolute Gasteiger partial charge is 0.481 e. The summed E-state index contributed by atoms with van der Waals surface area (Å²) in [6.07, 6.45) is 5.45. The lowest BCUT2D eigenvalue weighted by Gasteiger charge is -2.31. The Hall–Kier alpha value is -2.98. The third-order valence-corrected chi connectivity index (χ3v) is 6.90. The van der Waals surface area contributed by atoms with Gasteiger partial charge in [-0.3, -0.25) is 9.52 Å². The molecular formula is C24H30N2O4S. The number of rotatable bonds is 8. The molecule has 31 heavy (non-hydrogen) atoms. The highest BCUT2D eigenvalue weighted by Crippen LogP contribution is 2.31. The van der Waals surface area contributed by atoms with E-state index in [0.29, 0.717) is 16.8 Å². The van der Waals surface area contributed by atoms with E-state index in [2.05, 4.69) is 10.6 Å². The van der Waals surface area contributed by atoms with Gasteiger partial charge in [0, 0.05) is 11.7 Å². The maximum Gasteiger partial charge on any atom is 0.305 e. The molecule has 0 aromatic heterocycles. The van der Waals surface area contributed by atoms with Crippen molar-refractivity contribution in [3.8, 4) is 12.3 Å². The predicted molar refractivity (Wildman–Crippen MR) is 125 cm³/mol. The molecule has 2 rings (SSSR count). The zero-order chi connectivity index (χ0) is 23.5. The van der Waals surface area contributed by atoms with E-state index in [9.17, 15) is 13.2 Å². The highest BCUT2D eigenvalue weighted by atomic mass is 32.2. The molecule has 2 aromatic rings. The summed E-state index contributed by atoms with van der Waals surface area (Å²) in [7, 11) is -3.78. The lowest BCUT2D eigenvalue weighted by Crippen LogP contribution is -2.35. The monoisotopic (exact) mass is 442 g/mol. The molecule has 7 heteroatoms. The van der Waals surface area contributed by atoms with E-state index in [1.807, 2.05) is 43.9 Å². The van der Waals surface area contributed by atoms with Gasteiger partial charge in [-0.2, -0.15) is 0 Å². The lowest BCUT2D eigenvalue weighted by molar-refractivity contribution is -0.137. The van der Waals surface area contributed by atoms with E-state index < -0.39 is 16.0 Å². The number of hydrogen-bond donors (Lipinski definition) is 2. The van der Waals surface area contributed by atoms with Crippen molar-refractivity contribution in [3.05, 3.63) is 52.1 Å². The number of hydrogen-bond acceptors (Lipinski definition) is 4. The predicted octanol–water partition coefficient (Wildman–Crippen LogP) is 4.33. The summed E-state index contributed by atoms with van der Waals surface area (Å²) in [6.45, 7) is 11.2. The minimum absolute atomic E-state index is 0.0550. The van der Waals surface area contributed by atoms with Gasteiger partial charge in [-0.1, -0.05) is 23.6 Å². The number of terminal acetylenes is 1. The summed E-state index contributed by atoms with van der Waals surface area (Å²) in [4.78, 5) is 13.3. The van der Waals surface area contributed by atoms with Gasteiger partial charge >= 0.3 is 5.97 Å². The highest BCUT2D eigenvalue weighted by Gasteiger charge is 2.23. The molecule has 0 heterocycles. The molecule has 0 aliphatic carbocycles. The smallest absolute Gasteiger partial charge is 0.305 e. The van der Waals surface area contributed by atoms with Gasteiger partial charge in [-0.15, -0.1) is 6.42 Å². The van der Waals surface area contributed by atoms with Crippen LogP contribution >= 0.6 is 0 Å². The first kappa shape index (κ1) is 24.3. The van der Waals surface area contributed by atoms with E-state index in [1.54, 1.807) is 26.8 Å². The van der Waals surface area contributed by atoms with Crippen LogP contribution in [-0.4, -0.2) is 32.1 Å². The number of carbonyl (C=O) groups is 1. The summed E-state index contributed by atoms with van der Waals surface area (Å²) in [5.41, 5.74) is 5.18. The van der Waals surface area contributed by atoms with E-state index in [4.69, 9.17) is 11.5 Å². The molecule has 6 nitrogen and oxygen atoms in total. The first-order valence-corrected chi connectivity index (χ1v) is 11.5. The highest BCUT2D eigenvalue weighted by molar-refractivity contribution is 7.92. The second-order valence-corrected chi connectivity index (χ2v) is 9.69. The fourth-order valence-corrected chi connectivity index (χ4v) is 5.52. The van der Waals surface area contributed by atoms with Crippen molar-refractivity contribution in [3.63, 3.8) is 0 Å². The Morgan fingerprint density at radius 3 is 2.16 bits per heavy atom. The Balaban J connectivity index is 2.46. The lowest BCUT2D eigenvalue weighted by atomic mass is 10.1. The topological polar surface area (TPSA) is 86.7 Å². The molecule has 0 unspecified atom stereocenters. The number of anilines is 2. The van der Waals surface area contributed by atoms with Gasteiger partial charge in [0.05, 0.1) is 23.5 Å². The number of aliphatic carboxylic acids is 1. The summed E-state index contributed by atoms with van der Waals surface area (Å²) in [5.74, 6) is 1.67. The van der Waals surface area contributed by atoms with Crippen molar-refractivity contribution in [1.82, 2.24) is 0 Å². The third-order valence-electron chi connectivity index (χ3n) is 5.23. The molecule has 0 spiro atoms. The number of carboxylic acids is 1. The minimum atomic E-state index is -3.78. The standard InChI is InChI=1S/C24H30N2O4S/c1-8-9-26(20(7)14-23(27)28)22-13-16(3)21(12-17(22)4)25-31(29,30)24-18(5)10-15(2)11-19(24)6/h1,10-13,20,25H,9,14H2,2-7H3,(H,27,28)/t20-/m0/s1. The summed E-state index contributed by atoms with van der Waals surface area (Å²) in [5, 5.41) is 9.16. The van der Waals surface area contributed by atoms with Gasteiger partial charge in [-0.05, 0) is 75.9 Å². The molecule has 166 valence electrons. The summed E-state index contributed by atoms with van der Waals surface area (Å²) in [6, 6.07) is 7.00. The molecule has 2 aromatic carbocycles. The van der Waals surface area contributed by atoms with Gasteiger partial charge in [0.1, 0.15) is 0 Å². The number of aryl methyl sites for hydroxylation is 5. The number of carboxylic acid groups (broad SMARTS) is 1. The van der Waals surface area contributed by atoms with Crippen LogP contribution in [0.3, 0.4) is 0 Å². The minimum Gasteiger partial charge on any atom is -0.481 e. The van der Waals surface area contributed by atoms with E-state index in [-0.39, 0.29) is 23.9 Å². The van der Waals surface area contributed by atoms with Crippen molar-refractivity contribution >= 4 is 27.4 Å². The van der Waals surface area contributed by atoms with Crippen LogP contribution < -0.4 is 9.62 Å². The van der Waals surface area contributed by atoms with Crippen LogP contribution in [0.4, 0.5) is 11.4 Å². The second-order valence-electron chi connectivity index (χ2n) is 8.07. The first-order valence-electron chi connectivity index (χ1n) is 10.0. The first-order chi connectivity index (χ1) is 14.4. The van der Waals surface area contributed by atoms with Crippen molar-refractivity contribution in [1.29, 1.82) is 0 Å². The van der Waals surface area contributed by atoms with E-state index >= 15 is 0 Å². The molecular weight excluding hydrogens is 412 g/mol. The van der Waals surface area contributed by atoms with Crippen LogP contribution in [0.1, 0.15) is 41.2 Å². The Kier molecular flexibility index (Phi) is 7.40. The van der Waals surface area contributed by atoms with Gasteiger partial charge in [0.25, 0.3) is 10.0 Å². The van der Waals surface area contributed by atoms with Crippen LogP contribution in [0.2, 0.25) is 0 Å². The van der Waals surface area contributed by atoms with Crippen molar-refractivity contribution in [2.45, 2.75) is 58.9 Å². The normalized spacial score (nSPS) is 12.2. The maximum absolute atomic E-state index is 13.2. The average molecular weight is 443 g/mol. The van der Waals surface area contributed by atoms with Crippen LogP contribution in [-0.2, 0) is 14.8 Å². The molecule has 0 bridgehead atoms. The van der Waals surface area contributed by atoms with Crippen LogP contribution in [0, 0.1) is 47.0 Å². The average Bonchev–Trinajstić information content (AvgIpc) is 2.60. The molecule has 0 fully saturated rings. The fraction of sp³-hybridized carbons (Fsp3) is 0.375. The van der Waals surface area contributed by atoms with Crippen molar-refractivity contribution < 1.29 is 18.3 Å². The molecule has 1 atom stereocenters. The summed E-state index contributed by atoms with van der Waals surface area (Å²) < 4.78 is 29.0. The van der Waals surface area contributed by atoms with E-state index in [0.717, 1.165) is 22.4 Å². The molecule has 0 radical (unpaired) electrons. The Morgan fingerprint density at radius 1 is 1.06 bits per heavy atom. The van der Waals surface area contributed by atoms with Crippen molar-refractivity contribution in [2.24, 2.45) is 0 Å². The summed E-state index contributed by atoms with van der Waals surface area (Å²) >= 11 is 0. The number of nitrogens with one attached hydrogen (secondary N) is 1. The zero-order valence-electron chi connectivity index (χ0n) is 18.9. The number of sulfonamides is 1. The molecule has 0 amide bonds. The second kappa shape index (κ2) is 9.44. The fourth-order valence-electron chi connectivity index (χ4n) is 3.95. The zero-order valence-corrected chi connectivity index (χ0v) is 19.7. The molecule has 0 aliphatic rings. The Labute approximate surface area is 185 Å². The molecule has 0 saturated heterocycles. The SMILES string of the molecule is C#CCN(c1cc(C)c(NS(=O)(=O)c2c(C)cc(C)cc2C)cc1C)[C@@H](C)CC(=O)O. The molecule has 0 saturated carbocycles. The van der Waals surface area contributed by atoms with Crippen LogP contribution in [0.25, 0.3) is 0 Å². The Morgan fingerprint density at radius 2 is 1.65 bits per heavy atom. The molecule has 0 aliphatic heterocycles. The quantitative estimate of drug-likeness (QED) is 0.594. The van der Waals surface area contributed by atoms with Gasteiger partial charge in [-0.25, -0.2) is 8.42 Å². The van der Waals surface area contributed by atoms with Crippen LogP contribution in [0.5, 0.6) is 0 Å².